The first-order valence-corrected chi connectivity index (χ1v) is 8.90. The Balaban J connectivity index is 1.94. The molecule has 0 unspecified atom stereocenters. The Morgan fingerprint density at radius 3 is 2.67 bits per heavy atom. The number of aliphatic hydroxyl groups is 1. The van der Waals surface area contributed by atoms with Gasteiger partial charge in [0.25, 0.3) is 0 Å². The lowest BCUT2D eigenvalue weighted by atomic mass is 10.1. The molecule has 1 fully saturated rings. The Kier molecular flexibility index (Phi) is 5.00. The minimum absolute atomic E-state index is 0.00893. The van der Waals surface area contributed by atoms with Crippen LogP contribution < -0.4 is 0 Å². The first kappa shape index (κ1) is 16.0. The van der Waals surface area contributed by atoms with Crippen molar-refractivity contribution in [3.63, 3.8) is 0 Å². The van der Waals surface area contributed by atoms with E-state index in [1.54, 1.807) is 12.1 Å². The number of nitrogens with zero attached hydrogens (tertiary/aromatic N) is 1. The van der Waals surface area contributed by atoms with Gasteiger partial charge in [0.2, 0.25) is 5.91 Å². The highest BCUT2D eigenvalue weighted by Gasteiger charge is 2.25. The van der Waals surface area contributed by atoms with Gasteiger partial charge in [-0.05, 0) is 24.5 Å². The van der Waals surface area contributed by atoms with Crippen molar-refractivity contribution in [2.75, 3.05) is 18.8 Å². The van der Waals surface area contributed by atoms with Gasteiger partial charge in [-0.15, -0.1) is 0 Å². The van der Waals surface area contributed by atoms with Crippen molar-refractivity contribution < 1.29 is 18.3 Å². The fourth-order valence-electron chi connectivity index (χ4n) is 2.57. The predicted octanol–water partition coefficient (Wildman–Crippen LogP) is 0.893. The monoisotopic (exact) mass is 311 g/mol. The van der Waals surface area contributed by atoms with Crippen molar-refractivity contribution in [2.45, 2.75) is 31.6 Å². The second-order valence-electron chi connectivity index (χ2n) is 5.58. The zero-order chi connectivity index (χ0) is 15.5. The number of likely N-dealkylation sites (tertiary alicyclic amines) is 1. The second kappa shape index (κ2) is 6.58. The van der Waals surface area contributed by atoms with Crippen LogP contribution in [0.25, 0.3) is 0 Å². The Labute approximate surface area is 125 Å². The van der Waals surface area contributed by atoms with Gasteiger partial charge in [0, 0.05) is 19.5 Å². The minimum atomic E-state index is -3.40. The molecule has 116 valence electrons. The van der Waals surface area contributed by atoms with Gasteiger partial charge in [-0.3, -0.25) is 4.79 Å². The standard InChI is InChI=1S/C15H21NO4S/c1-12-5-2-3-6-13(12)10-21(19,20)11-14(17)9-16-8-4-7-15(16)18/h2-3,5-6,14,17H,4,7-11H2,1H3/t14-/m1/s1. The Morgan fingerprint density at radius 2 is 2.05 bits per heavy atom. The van der Waals surface area contributed by atoms with Crippen LogP contribution in [-0.2, 0) is 20.4 Å². The third-order valence-electron chi connectivity index (χ3n) is 3.69. The molecular weight excluding hydrogens is 290 g/mol. The van der Waals surface area contributed by atoms with Crippen LogP contribution in [0.1, 0.15) is 24.0 Å². The molecule has 1 N–H and O–H groups in total. The zero-order valence-corrected chi connectivity index (χ0v) is 13.0. The predicted molar refractivity (Wildman–Crippen MR) is 80.5 cm³/mol. The summed E-state index contributed by atoms with van der Waals surface area (Å²) in [6.07, 6.45) is 0.241. The molecule has 0 radical (unpaired) electrons. The molecule has 1 saturated heterocycles. The van der Waals surface area contributed by atoms with Gasteiger partial charge in [-0.2, -0.15) is 0 Å². The molecule has 1 aliphatic heterocycles. The number of β-amino-alcohol motifs (C(OH)–C–C–N with tert-alkyl or cyclic N) is 1. The molecule has 0 bridgehead atoms. The third-order valence-corrected chi connectivity index (χ3v) is 5.33. The SMILES string of the molecule is Cc1ccccc1CS(=O)(=O)C[C@H](O)CN1CCCC1=O. The number of aryl methyl sites for hydroxylation is 1. The number of hydrogen-bond acceptors (Lipinski definition) is 4. The quantitative estimate of drug-likeness (QED) is 0.847. The van der Waals surface area contributed by atoms with Crippen molar-refractivity contribution in [2.24, 2.45) is 0 Å². The lowest BCUT2D eigenvalue weighted by Crippen LogP contribution is -2.37. The molecule has 21 heavy (non-hydrogen) atoms. The number of carbonyl (C=O) groups excluding carboxylic acids is 1. The number of amides is 1. The molecule has 1 aromatic carbocycles. The molecule has 2 rings (SSSR count). The molecule has 0 aliphatic carbocycles. The first-order chi connectivity index (χ1) is 9.87. The fourth-order valence-corrected chi connectivity index (χ4v) is 4.17. The Bertz CT molecular complexity index is 612. The van der Waals surface area contributed by atoms with Crippen molar-refractivity contribution in [3.05, 3.63) is 35.4 Å². The van der Waals surface area contributed by atoms with E-state index < -0.39 is 15.9 Å². The summed E-state index contributed by atoms with van der Waals surface area (Å²) in [7, 11) is -3.40. The van der Waals surface area contributed by atoms with E-state index in [1.807, 2.05) is 19.1 Å². The van der Waals surface area contributed by atoms with Gasteiger partial charge in [0.15, 0.2) is 9.84 Å². The summed E-state index contributed by atoms with van der Waals surface area (Å²) >= 11 is 0. The lowest BCUT2D eigenvalue weighted by molar-refractivity contribution is -0.128. The van der Waals surface area contributed by atoms with Crippen LogP contribution in [0, 0.1) is 6.92 Å². The van der Waals surface area contributed by atoms with Crippen LogP contribution in [0.4, 0.5) is 0 Å². The highest BCUT2D eigenvalue weighted by Crippen LogP contribution is 2.14. The van der Waals surface area contributed by atoms with Crippen LogP contribution in [-0.4, -0.2) is 49.3 Å². The van der Waals surface area contributed by atoms with E-state index >= 15 is 0 Å². The maximum absolute atomic E-state index is 12.2. The number of sulfone groups is 1. The fraction of sp³-hybridized carbons (Fsp3) is 0.533. The number of benzene rings is 1. The van der Waals surface area contributed by atoms with E-state index in [1.165, 1.54) is 4.90 Å². The number of carbonyl (C=O) groups is 1. The van der Waals surface area contributed by atoms with Crippen LogP contribution >= 0.6 is 0 Å². The largest absolute Gasteiger partial charge is 0.390 e. The Hall–Kier alpha value is -1.40. The first-order valence-electron chi connectivity index (χ1n) is 7.08. The average Bonchev–Trinajstić information content (AvgIpc) is 2.77. The molecule has 1 atom stereocenters. The van der Waals surface area contributed by atoms with E-state index in [0.29, 0.717) is 13.0 Å². The summed E-state index contributed by atoms with van der Waals surface area (Å²) in [5, 5.41) is 9.94. The zero-order valence-electron chi connectivity index (χ0n) is 12.2. The summed E-state index contributed by atoms with van der Waals surface area (Å²) in [6.45, 7) is 2.57. The summed E-state index contributed by atoms with van der Waals surface area (Å²) in [5.74, 6) is -0.402. The third kappa shape index (κ3) is 4.54. The van der Waals surface area contributed by atoms with E-state index in [2.05, 4.69) is 0 Å². The van der Waals surface area contributed by atoms with Gasteiger partial charge >= 0.3 is 0 Å². The molecule has 1 aromatic rings. The number of aliphatic hydroxyl groups excluding tert-OH is 1. The number of rotatable bonds is 6. The lowest BCUT2D eigenvalue weighted by Gasteiger charge is -2.20. The summed E-state index contributed by atoms with van der Waals surface area (Å²) in [6, 6.07) is 7.31. The minimum Gasteiger partial charge on any atom is -0.390 e. The van der Waals surface area contributed by atoms with Crippen molar-refractivity contribution in [1.82, 2.24) is 4.90 Å². The van der Waals surface area contributed by atoms with E-state index in [-0.39, 0.29) is 24.0 Å². The van der Waals surface area contributed by atoms with Gasteiger partial charge in [0.1, 0.15) is 0 Å². The summed E-state index contributed by atoms with van der Waals surface area (Å²) in [4.78, 5) is 13.0. The van der Waals surface area contributed by atoms with Crippen LogP contribution in [0.5, 0.6) is 0 Å². The molecular formula is C15H21NO4S. The molecule has 5 nitrogen and oxygen atoms in total. The smallest absolute Gasteiger partial charge is 0.222 e. The molecule has 0 spiro atoms. The summed E-state index contributed by atoms with van der Waals surface area (Å²) < 4.78 is 24.3. The maximum Gasteiger partial charge on any atom is 0.222 e. The highest BCUT2D eigenvalue weighted by molar-refractivity contribution is 7.90. The van der Waals surface area contributed by atoms with Crippen molar-refractivity contribution in [1.29, 1.82) is 0 Å². The topological polar surface area (TPSA) is 74.7 Å². The molecule has 1 amide bonds. The summed E-state index contributed by atoms with van der Waals surface area (Å²) in [5.41, 5.74) is 1.67. The molecule has 6 heteroatoms. The van der Waals surface area contributed by atoms with E-state index in [9.17, 15) is 18.3 Å². The highest BCUT2D eigenvalue weighted by atomic mass is 32.2. The Morgan fingerprint density at radius 1 is 1.33 bits per heavy atom. The number of hydrogen-bond donors (Lipinski definition) is 1. The van der Waals surface area contributed by atoms with Crippen LogP contribution in [0.3, 0.4) is 0 Å². The van der Waals surface area contributed by atoms with Gasteiger partial charge in [-0.1, -0.05) is 24.3 Å². The van der Waals surface area contributed by atoms with Crippen molar-refractivity contribution >= 4 is 15.7 Å². The van der Waals surface area contributed by atoms with Crippen LogP contribution in [0.15, 0.2) is 24.3 Å². The van der Waals surface area contributed by atoms with Crippen LogP contribution in [0.2, 0.25) is 0 Å². The molecule has 0 aromatic heterocycles. The maximum atomic E-state index is 12.2. The normalized spacial score (nSPS) is 17.2. The molecule has 0 saturated carbocycles. The van der Waals surface area contributed by atoms with Gasteiger partial charge < -0.3 is 10.0 Å². The van der Waals surface area contributed by atoms with Gasteiger partial charge in [-0.25, -0.2) is 8.42 Å². The van der Waals surface area contributed by atoms with Gasteiger partial charge in [0.05, 0.1) is 17.6 Å². The molecule has 1 heterocycles. The average molecular weight is 311 g/mol. The van der Waals surface area contributed by atoms with E-state index in [4.69, 9.17) is 0 Å². The van der Waals surface area contributed by atoms with E-state index in [0.717, 1.165) is 17.5 Å². The second-order valence-corrected chi connectivity index (χ2v) is 7.69. The molecule has 1 aliphatic rings. The van der Waals surface area contributed by atoms with Crippen molar-refractivity contribution in [3.8, 4) is 0 Å².